The van der Waals surface area contributed by atoms with Gasteiger partial charge in [-0.25, -0.2) is 4.98 Å². The van der Waals surface area contributed by atoms with Gasteiger partial charge in [-0.05, 0) is 12.0 Å². The van der Waals surface area contributed by atoms with E-state index in [1.807, 2.05) is 30.3 Å². The van der Waals surface area contributed by atoms with Crippen LogP contribution in [-0.2, 0) is 6.42 Å². The molecule has 108 valence electrons. The molecule has 4 nitrogen and oxygen atoms in total. The minimum Gasteiger partial charge on any atom is -0.301 e. The van der Waals surface area contributed by atoms with Crippen molar-refractivity contribution < 1.29 is 0 Å². The second kappa shape index (κ2) is 7.65. The highest BCUT2D eigenvalue weighted by atomic mass is 32.2. The van der Waals surface area contributed by atoms with Gasteiger partial charge >= 0.3 is 0 Å². The molecule has 0 aliphatic rings. The van der Waals surface area contributed by atoms with Gasteiger partial charge in [0.15, 0.2) is 5.16 Å². The summed E-state index contributed by atoms with van der Waals surface area (Å²) in [5, 5.41) is 9.56. The topological polar surface area (TPSA) is 69.5 Å². The zero-order valence-electron chi connectivity index (χ0n) is 11.9. The molecule has 0 radical (unpaired) electrons. The monoisotopic (exact) mass is 299 g/mol. The highest BCUT2D eigenvalue weighted by molar-refractivity contribution is 7.99. The number of rotatable bonds is 6. The molecule has 5 heteroatoms. The van der Waals surface area contributed by atoms with E-state index in [1.54, 1.807) is 0 Å². The summed E-state index contributed by atoms with van der Waals surface area (Å²) < 4.78 is 0. The van der Waals surface area contributed by atoms with Crippen LogP contribution in [0.3, 0.4) is 0 Å². The molecule has 2 rings (SSSR count). The normalized spacial score (nSPS) is 11.8. The van der Waals surface area contributed by atoms with Crippen molar-refractivity contribution in [3.05, 3.63) is 58.0 Å². The second-order valence-corrected chi connectivity index (χ2v) is 5.86. The average Bonchev–Trinajstić information content (AvgIpc) is 2.47. The van der Waals surface area contributed by atoms with Crippen molar-refractivity contribution in [3.63, 3.8) is 0 Å². The third kappa shape index (κ3) is 4.47. The number of hydrogen-bond donors (Lipinski definition) is 1. The van der Waals surface area contributed by atoms with Gasteiger partial charge in [0.2, 0.25) is 0 Å². The van der Waals surface area contributed by atoms with Gasteiger partial charge in [-0.2, -0.15) is 5.26 Å². The molecule has 1 heterocycles. The van der Waals surface area contributed by atoms with Crippen molar-refractivity contribution in [1.29, 1.82) is 5.26 Å². The van der Waals surface area contributed by atoms with Crippen LogP contribution >= 0.6 is 11.8 Å². The van der Waals surface area contributed by atoms with Crippen LogP contribution in [0.4, 0.5) is 0 Å². The van der Waals surface area contributed by atoms with Gasteiger partial charge in [-0.15, -0.1) is 0 Å². The largest absolute Gasteiger partial charge is 0.301 e. The average molecular weight is 299 g/mol. The van der Waals surface area contributed by atoms with Crippen molar-refractivity contribution >= 4 is 11.8 Å². The van der Waals surface area contributed by atoms with E-state index in [0.29, 0.717) is 11.6 Å². The fourth-order valence-electron chi connectivity index (χ4n) is 2.04. The minimum atomic E-state index is -0.139. The molecule has 1 atom stereocenters. The molecule has 0 fully saturated rings. The minimum absolute atomic E-state index is 0.0313. The standard InChI is InChI=1S/C16H17N3OS/c1-2-6-13-11-15(20)19-16(18-13)21-14(9-10-17)12-7-4-3-5-8-12/h3-5,7-8,11,14H,2,6,9H2,1H3,(H,18,19,20). The summed E-state index contributed by atoms with van der Waals surface area (Å²) in [4.78, 5) is 18.9. The molecule has 0 amide bonds. The first-order valence-electron chi connectivity index (χ1n) is 6.91. The first-order valence-corrected chi connectivity index (χ1v) is 7.79. The Balaban J connectivity index is 2.25. The summed E-state index contributed by atoms with van der Waals surface area (Å²) in [7, 11) is 0. The molecule has 2 aromatic rings. The van der Waals surface area contributed by atoms with Gasteiger partial charge in [0, 0.05) is 11.8 Å². The Labute approximate surface area is 128 Å². The fourth-order valence-corrected chi connectivity index (χ4v) is 3.09. The predicted molar refractivity (Wildman–Crippen MR) is 84.1 cm³/mol. The van der Waals surface area contributed by atoms with Gasteiger partial charge in [-0.1, -0.05) is 55.4 Å². The molecule has 21 heavy (non-hydrogen) atoms. The quantitative estimate of drug-likeness (QED) is 0.655. The van der Waals surface area contributed by atoms with Gasteiger partial charge in [-0.3, -0.25) is 4.79 Å². The number of hydrogen-bond acceptors (Lipinski definition) is 4. The number of thioether (sulfide) groups is 1. The smallest absolute Gasteiger partial charge is 0.251 e. The van der Waals surface area contributed by atoms with Crippen molar-refractivity contribution in [2.45, 2.75) is 36.6 Å². The summed E-state index contributed by atoms with van der Waals surface area (Å²) in [6, 6.07) is 13.6. The van der Waals surface area contributed by atoms with E-state index in [1.165, 1.54) is 17.8 Å². The zero-order valence-corrected chi connectivity index (χ0v) is 12.7. The summed E-state index contributed by atoms with van der Waals surface area (Å²) in [6.07, 6.45) is 2.10. The van der Waals surface area contributed by atoms with Gasteiger partial charge in [0.1, 0.15) is 0 Å². The van der Waals surface area contributed by atoms with Crippen LogP contribution in [0.2, 0.25) is 0 Å². The molecule has 1 aromatic heterocycles. The Kier molecular flexibility index (Phi) is 5.59. The van der Waals surface area contributed by atoms with Crippen LogP contribution < -0.4 is 5.56 Å². The lowest BCUT2D eigenvalue weighted by Crippen LogP contribution is -2.10. The summed E-state index contributed by atoms with van der Waals surface area (Å²) in [5.74, 6) is 0. The van der Waals surface area contributed by atoms with Crippen LogP contribution in [0.5, 0.6) is 0 Å². The molecule has 0 aliphatic heterocycles. The molecule has 1 aromatic carbocycles. The molecular weight excluding hydrogens is 282 g/mol. The zero-order chi connectivity index (χ0) is 15.1. The number of benzene rings is 1. The van der Waals surface area contributed by atoms with Gasteiger partial charge in [0.25, 0.3) is 5.56 Å². The molecule has 0 bridgehead atoms. The van der Waals surface area contributed by atoms with Crippen molar-refractivity contribution in [2.24, 2.45) is 0 Å². The summed E-state index contributed by atoms with van der Waals surface area (Å²) in [5.41, 5.74) is 1.72. The third-order valence-corrected chi connectivity index (χ3v) is 4.12. The maximum atomic E-state index is 11.7. The first-order chi connectivity index (χ1) is 10.2. The van der Waals surface area contributed by atoms with Crippen LogP contribution in [-0.4, -0.2) is 9.97 Å². The number of aromatic nitrogens is 2. The third-order valence-electron chi connectivity index (χ3n) is 2.98. The van der Waals surface area contributed by atoms with Gasteiger partial charge in [0.05, 0.1) is 17.7 Å². The van der Waals surface area contributed by atoms with Crippen LogP contribution in [0.15, 0.2) is 46.3 Å². The lowest BCUT2D eigenvalue weighted by molar-refractivity contribution is 0.811. The molecule has 0 saturated heterocycles. The molecule has 0 saturated carbocycles. The number of nitrogens with one attached hydrogen (secondary N) is 1. The molecule has 1 N–H and O–H groups in total. The van der Waals surface area contributed by atoms with Crippen LogP contribution in [0.1, 0.15) is 36.3 Å². The fraction of sp³-hybridized carbons (Fsp3) is 0.312. The molecule has 0 aliphatic carbocycles. The Hall–Kier alpha value is -2.06. The van der Waals surface area contributed by atoms with Gasteiger partial charge < -0.3 is 4.98 Å². The second-order valence-electron chi connectivity index (χ2n) is 4.67. The van der Waals surface area contributed by atoms with Crippen molar-refractivity contribution in [2.75, 3.05) is 0 Å². The van der Waals surface area contributed by atoms with E-state index < -0.39 is 0 Å². The number of nitriles is 1. The molecule has 1 unspecified atom stereocenters. The molecular formula is C16H17N3OS. The number of H-pyrrole nitrogens is 1. The van der Waals surface area contributed by atoms with Crippen LogP contribution in [0, 0.1) is 11.3 Å². The Bertz CT molecular complexity index is 676. The SMILES string of the molecule is CCCc1cc(=O)[nH]c(SC(CC#N)c2ccccc2)n1. The predicted octanol–water partition coefficient (Wildman–Crippen LogP) is 3.47. The Morgan fingerprint density at radius 2 is 2.14 bits per heavy atom. The van der Waals surface area contributed by atoms with Crippen molar-refractivity contribution in [3.8, 4) is 6.07 Å². The maximum Gasteiger partial charge on any atom is 0.251 e. The number of nitrogens with zero attached hydrogens (tertiary/aromatic N) is 2. The highest BCUT2D eigenvalue weighted by Crippen LogP contribution is 2.35. The van der Waals surface area contributed by atoms with E-state index in [0.717, 1.165) is 24.1 Å². The maximum absolute atomic E-state index is 11.7. The Morgan fingerprint density at radius 1 is 1.38 bits per heavy atom. The van der Waals surface area contributed by atoms with Crippen LogP contribution in [0.25, 0.3) is 0 Å². The van der Waals surface area contributed by atoms with E-state index in [9.17, 15) is 4.79 Å². The summed E-state index contributed by atoms with van der Waals surface area (Å²) in [6.45, 7) is 2.05. The number of aryl methyl sites for hydroxylation is 1. The molecule has 0 spiro atoms. The number of aromatic amines is 1. The summed E-state index contributed by atoms with van der Waals surface area (Å²) >= 11 is 1.43. The van der Waals surface area contributed by atoms with E-state index in [-0.39, 0.29) is 10.8 Å². The van der Waals surface area contributed by atoms with Crippen molar-refractivity contribution in [1.82, 2.24) is 9.97 Å². The van der Waals surface area contributed by atoms with E-state index in [2.05, 4.69) is 23.0 Å². The van der Waals surface area contributed by atoms with E-state index in [4.69, 9.17) is 5.26 Å². The lowest BCUT2D eigenvalue weighted by atomic mass is 10.1. The lowest BCUT2D eigenvalue weighted by Gasteiger charge is -2.13. The highest BCUT2D eigenvalue weighted by Gasteiger charge is 2.14. The first kappa shape index (κ1) is 15.3. The Morgan fingerprint density at radius 3 is 2.81 bits per heavy atom. The van der Waals surface area contributed by atoms with E-state index >= 15 is 0 Å².